The van der Waals surface area contributed by atoms with Gasteiger partial charge in [-0.15, -0.1) is 11.8 Å². The molecule has 3 nitrogen and oxygen atoms in total. The largest absolute Gasteiger partial charge is 0.471 e. The first-order valence-electron chi connectivity index (χ1n) is 8.59. The summed E-state index contributed by atoms with van der Waals surface area (Å²) in [5.74, 6) is -1.74. The number of carbonyl (C=O) groups is 1. The van der Waals surface area contributed by atoms with E-state index < -0.39 is 22.9 Å². The van der Waals surface area contributed by atoms with Crippen molar-refractivity contribution in [2.75, 3.05) is 6.54 Å². The summed E-state index contributed by atoms with van der Waals surface area (Å²) in [5, 5.41) is 0. The Kier molecular flexibility index (Phi) is 4.74. The number of alkyl halides is 3. The second-order valence-electron chi connectivity index (χ2n) is 6.73. The first-order valence-corrected chi connectivity index (χ1v) is 10.2. The van der Waals surface area contributed by atoms with E-state index in [9.17, 15) is 18.0 Å². The number of benzene rings is 1. The lowest BCUT2D eigenvalue weighted by molar-refractivity contribution is -0.186. The van der Waals surface area contributed by atoms with Crippen molar-refractivity contribution in [1.82, 2.24) is 9.88 Å². The minimum Gasteiger partial charge on any atom is -0.330 e. The molecule has 2 aromatic rings. The molecule has 142 valence electrons. The van der Waals surface area contributed by atoms with Gasteiger partial charge < -0.3 is 4.90 Å². The molecule has 1 amide bonds. The Labute approximate surface area is 167 Å². The molecule has 2 atom stereocenters. The van der Waals surface area contributed by atoms with E-state index in [0.29, 0.717) is 23.9 Å². The first-order chi connectivity index (χ1) is 12.8. The Morgan fingerprint density at radius 1 is 1.22 bits per heavy atom. The van der Waals surface area contributed by atoms with E-state index in [4.69, 9.17) is 0 Å². The Bertz CT molecular complexity index is 877. The number of aromatic nitrogens is 1. The van der Waals surface area contributed by atoms with Crippen LogP contribution in [0.3, 0.4) is 0 Å². The molecule has 0 spiro atoms. The predicted octanol–water partition coefficient (Wildman–Crippen LogP) is 4.94. The fraction of sp³-hybridized carbons (Fsp3) is 0.368. The average molecular weight is 457 g/mol. The molecule has 27 heavy (non-hydrogen) atoms. The summed E-state index contributed by atoms with van der Waals surface area (Å²) in [5.41, 5.74) is 1.83. The van der Waals surface area contributed by atoms with Crippen LogP contribution in [-0.2, 0) is 16.0 Å². The number of halogens is 4. The highest BCUT2D eigenvalue weighted by Crippen LogP contribution is 2.56. The zero-order valence-corrected chi connectivity index (χ0v) is 16.6. The molecular formula is C19H16BrF3N2OS. The van der Waals surface area contributed by atoms with Gasteiger partial charge in [-0.2, -0.15) is 13.2 Å². The van der Waals surface area contributed by atoms with Crippen LogP contribution in [0.25, 0.3) is 0 Å². The number of rotatable bonds is 2. The third-order valence-corrected chi connectivity index (χ3v) is 7.25. The number of nitrogens with zero attached hydrogens (tertiary/aromatic N) is 2. The Morgan fingerprint density at radius 2 is 1.96 bits per heavy atom. The summed E-state index contributed by atoms with van der Waals surface area (Å²) in [6.07, 6.45) is -3.36. The lowest BCUT2D eigenvalue weighted by Crippen LogP contribution is -2.50. The molecule has 1 saturated heterocycles. The van der Waals surface area contributed by atoms with Crippen molar-refractivity contribution in [3.05, 3.63) is 58.3 Å². The van der Waals surface area contributed by atoms with Crippen LogP contribution in [0.2, 0.25) is 0 Å². The number of thioether (sulfide) groups is 1. The van der Waals surface area contributed by atoms with E-state index in [0.717, 1.165) is 21.1 Å². The van der Waals surface area contributed by atoms with Crippen LogP contribution < -0.4 is 0 Å². The summed E-state index contributed by atoms with van der Waals surface area (Å²) in [4.78, 5) is 18.6. The molecule has 0 bridgehead atoms. The summed E-state index contributed by atoms with van der Waals surface area (Å²) in [6.45, 7) is 0.0956. The minimum atomic E-state index is -4.86. The summed E-state index contributed by atoms with van der Waals surface area (Å²) in [7, 11) is 0. The molecule has 8 heteroatoms. The molecule has 1 fully saturated rings. The number of pyridine rings is 1. The average Bonchev–Trinajstić information content (AvgIpc) is 3.00. The highest BCUT2D eigenvalue weighted by molar-refractivity contribution is 9.10. The van der Waals surface area contributed by atoms with Crippen LogP contribution in [0.1, 0.15) is 24.1 Å². The molecule has 0 radical (unpaired) electrons. The standard InChI is InChI=1S/C19H16BrF3N2OS/c20-16-9-6-13-14(24-16)7-8-15-18(13,27-12-4-2-1-3-5-12)10-11-25(15)17(26)19(21,22)23/h1-6,9,15H,7-8,10-11H2. The number of amides is 1. The van der Waals surface area contributed by atoms with Crippen molar-refractivity contribution in [1.29, 1.82) is 0 Å². The molecule has 0 saturated carbocycles. The van der Waals surface area contributed by atoms with Crippen LogP contribution in [0.4, 0.5) is 13.2 Å². The van der Waals surface area contributed by atoms with E-state index in [1.54, 1.807) is 11.8 Å². The van der Waals surface area contributed by atoms with Crippen molar-refractivity contribution in [2.45, 2.75) is 41.1 Å². The summed E-state index contributed by atoms with van der Waals surface area (Å²) >= 11 is 4.92. The van der Waals surface area contributed by atoms with E-state index >= 15 is 0 Å². The van der Waals surface area contributed by atoms with Crippen LogP contribution in [0, 0.1) is 0 Å². The topological polar surface area (TPSA) is 33.2 Å². The van der Waals surface area contributed by atoms with Crippen molar-refractivity contribution in [3.8, 4) is 0 Å². The molecular weight excluding hydrogens is 441 g/mol. The zero-order chi connectivity index (χ0) is 19.2. The number of aryl methyl sites for hydroxylation is 1. The second-order valence-corrected chi connectivity index (χ2v) is 8.95. The molecule has 1 aromatic heterocycles. The molecule has 4 rings (SSSR count). The molecule has 2 unspecified atom stereocenters. The zero-order valence-electron chi connectivity index (χ0n) is 14.2. The summed E-state index contributed by atoms with van der Waals surface area (Å²) in [6, 6.07) is 12.9. The maximum Gasteiger partial charge on any atom is 0.471 e. The van der Waals surface area contributed by atoms with Crippen LogP contribution in [0.5, 0.6) is 0 Å². The number of hydrogen-bond acceptors (Lipinski definition) is 3. The van der Waals surface area contributed by atoms with Gasteiger partial charge in [-0.05, 0) is 59.0 Å². The highest BCUT2D eigenvalue weighted by atomic mass is 79.9. The van der Waals surface area contributed by atoms with Crippen LogP contribution >= 0.6 is 27.7 Å². The normalized spacial score (nSPS) is 24.4. The van der Waals surface area contributed by atoms with Gasteiger partial charge in [0, 0.05) is 17.1 Å². The van der Waals surface area contributed by atoms with Gasteiger partial charge in [0.1, 0.15) is 4.60 Å². The Balaban J connectivity index is 1.80. The van der Waals surface area contributed by atoms with Gasteiger partial charge in [-0.1, -0.05) is 24.3 Å². The third-order valence-electron chi connectivity index (χ3n) is 5.24. The maximum atomic E-state index is 13.1. The fourth-order valence-electron chi connectivity index (χ4n) is 4.17. The monoisotopic (exact) mass is 456 g/mol. The van der Waals surface area contributed by atoms with Gasteiger partial charge in [0.05, 0.1) is 10.8 Å². The van der Waals surface area contributed by atoms with Gasteiger partial charge in [-0.25, -0.2) is 4.98 Å². The van der Waals surface area contributed by atoms with Gasteiger partial charge in [0.2, 0.25) is 0 Å². The smallest absolute Gasteiger partial charge is 0.330 e. The van der Waals surface area contributed by atoms with E-state index in [1.807, 2.05) is 42.5 Å². The Hall–Kier alpha value is -1.54. The van der Waals surface area contributed by atoms with Gasteiger partial charge >= 0.3 is 12.1 Å². The van der Waals surface area contributed by atoms with Gasteiger partial charge in [-0.3, -0.25) is 4.79 Å². The molecule has 2 aliphatic rings. The molecule has 2 heterocycles. The fourth-order valence-corrected chi connectivity index (χ4v) is 6.10. The van der Waals surface area contributed by atoms with E-state index in [-0.39, 0.29) is 6.54 Å². The van der Waals surface area contributed by atoms with Crippen molar-refractivity contribution in [2.24, 2.45) is 0 Å². The maximum absolute atomic E-state index is 13.1. The van der Waals surface area contributed by atoms with Crippen molar-refractivity contribution in [3.63, 3.8) is 0 Å². The lowest BCUT2D eigenvalue weighted by atomic mass is 9.81. The number of carbonyl (C=O) groups excluding carboxylic acids is 1. The summed E-state index contributed by atoms with van der Waals surface area (Å²) < 4.78 is 39.5. The number of hydrogen-bond donors (Lipinski definition) is 0. The third kappa shape index (κ3) is 3.27. The van der Waals surface area contributed by atoms with E-state index in [1.165, 1.54) is 0 Å². The van der Waals surface area contributed by atoms with E-state index in [2.05, 4.69) is 20.9 Å². The van der Waals surface area contributed by atoms with Gasteiger partial charge in [0.25, 0.3) is 0 Å². The quantitative estimate of drug-likeness (QED) is 0.599. The minimum absolute atomic E-state index is 0.0956. The van der Waals surface area contributed by atoms with Crippen LogP contribution in [0.15, 0.2) is 52.0 Å². The van der Waals surface area contributed by atoms with Gasteiger partial charge in [0.15, 0.2) is 0 Å². The lowest BCUT2D eigenvalue weighted by Gasteiger charge is -2.42. The molecule has 1 aliphatic carbocycles. The first kappa shape index (κ1) is 18.8. The van der Waals surface area contributed by atoms with Crippen molar-refractivity contribution >= 4 is 33.6 Å². The van der Waals surface area contributed by atoms with Crippen molar-refractivity contribution < 1.29 is 18.0 Å². The second kappa shape index (κ2) is 6.81. The number of fused-ring (bicyclic) bond motifs is 3. The van der Waals surface area contributed by atoms with Crippen LogP contribution in [-0.4, -0.2) is 34.6 Å². The predicted molar refractivity (Wildman–Crippen MR) is 100 cm³/mol. The SMILES string of the molecule is O=C(N1CCC2(Sc3ccccc3)c3ccc(Br)nc3CCC12)C(F)(F)F. The highest BCUT2D eigenvalue weighted by Gasteiger charge is 2.57. The molecule has 1 aliphatic heterocycles. The molecule has 1 aromatic carbocycles. The Morgan fingerprint density at radius 3 is 2.67 bits per heavy atom. The molecule has 0 N–H and O–H groups in total. The number of likely N-dealkylation sites (tertiary alicyclic amines) is 1.